The third kappa shape index (κ3) is 5.48. The molecule has 17 heavy (non-hydrogen) atoms. The monoisotopic (exact) mass is 243 g/mol. The first-order chi connectivity index (χ1) is 8.11. The van der Waals surface area contributed by atoms with Crippen molar-refractivity contribution >= 4 is 5.91 Å². The van der Waals surface area contributed by atoms with E-state index >= 15 is 0 Å². The molecule has 0 saturated carbocycles. The molecule has 1 saturated heterocycles. The largest absolute Gasteiger partial charge is 0.377 e. The Hall–Kier alpha value is -0.650. The van der Waals surface area contributed by atoms with Crippen molar-refractivity contribution in [3.8, 4) is 0 Å². The summed E-state index contributed by atoms with van der Waals surface area (Å²) >= 11 is 0. The van der Waals surface area contributed by atoms with E-state index in [4.69, 9.17) is 4.74 Å². The van der Waals surface area contributed by atoms with Gasteiger partial charge in [-0.2, -0.15) is 0 Å². The van der Waals surface area contributed by atoms with Crippen LogP contribution in [0.25, 0.3) is 0 Å². The van der Waals surface area contributed by atoms with E-state index in [1.807, 2.05) is 20.8 Å². The zero-order valence-electron chi connectivity index (χ0n) is 11.2. The summed E-state index contributed by atoms with van der Waals surface area (Å²) in [5, 5.41) is 6.19. The Kier molecular flexibility index (Phi) is 6.47. The number of carbonyl (C=O) groups is 1. The molecule has 1 atom stereocenters. The lowest BCUT2D eigenvalue weighted by atomic mass is 10.2. The topological polar surface area (TPSA) is 53.6 Å². The molecule has 0 bridgehead atoms. The predicted molar refractivity (Wildman–Crippen MR) is 68.0 cm³/mol. The maximum Gasteiger partial charge on any atom is 0.237 e. The first-order valence-corrected chi connectivity index (χ1v) is 6.45. The van der Waals surface area contributed by atoms with E-state index in [0.29, 0.717) is 13.2 Å². The van der Waals surface area contributed by atoms with Crippen molar-refractivity contribution in [3.63, 3.8) is 0 Å². The van der Waals surface area contributed by atoms with Crippen LogP contribution in [-0.4, -0.2) is 62.3 Å². The zero-order chi connectivity index (χ0) is 12.7. The number of nitrogens with one attached hydrogen (secondary N) is 2. The van der Waals surface area contributed by atoms with Gasteiger partial charge in [-0.3, -0.25) is 9.69 Å². The van der Waals surface area contributed by atoms with Crippen molar-refractivity contribution in [1.29, 1.82) is 0 Å². The van der Waals surface area contributed by atoms with E-state index in [1.54, 1.807) is 0 Å². The van der Waals surface area contributed by atoms with Crippen LogP contribution in [-0.2, 0) is 9.53 Å². The van der Waals surface area contributed by atoms with Gasteiger partial charge in [0, 0.05) is 32.7 Å². The highest BCUT2D eigenvalue weighted by atomic mass is 16.5. The average molecular weight is 243 g/mol. The van der Waals surface area contributed by atoms with Crippen LogP contribution < -0.4 is 10.6 Å². The van der Waals surface area contributed by atoms with Crippen LogP contribution in [0.1, 0.15) is 20.8 Å². The average Bonchev–Trinajstić information content (AvgIpc) is 2.34. The fourth-order valence-corrected chi connectivity index (χ4v) is 1.85. The van der Waals surface area contributed by atoms with Crippen LogP contribution in [0.2, 0.25) is 0 Å². The summed E-state index contributed by atoms with van der Waals surface area (Å²) in [5.41, 5.74) is 0. The Bertz CT molecular complexity index is 228. The number of piperazine rings is 1. The molecule has 100 valence electrons. The Labute approximate surface area is 104 Å². The van der Waals surface area contributed by atoms with E-state index in [-0.39, 0.29) is 18.1 Å². The molecular formula is C12H25N3O2. The molecule has 0 aliphatic carbocycles. The van der Waals surface area contributed by atoms with Crippen LogP contribution in [0, 0.1) is 0 Å². The second-order valence-electron chi connectivity index (χ2n) is 4.67. The second-order valence-corrected chi connectivity index (χ2v) is 4.67. The van der Waals surface area contributed by atoms with Crippen LogP contribution in [0.4, 0.5) is 0 Å². The fourth-order valence-electron chi connectivity index (χ4n) is 1.85. The van der Waals surface area contributed by atoms with E-state index in [2.05, 4.69) is 15.5 Å². The van der Waals surface area contributed by atoms with Crippen molar-refractivity contribution in [2.24, 2.45) is 0 Å². The Morgan fingerprint density at radius 2 is 2.00 bits per heavy atom. The zero-order valence-corrected chi connectivity index (χ0v) is 11.2. The molecule has 1 unspecified atom stereocenters. The number of rotatable bonds is 6. The Balaban J connectivity index is 2.17. The van der Waals surface area contributed by atoms with Gasteiger partial charge in [0.15, 0.2) is 0 Å². The summed E-state index contributed by atoms with van der Waals surface area (Å²) in [6.45, 7) is 10.9. The normalized spacial score (nSPS) is 19.3. The van der Waals surface area contributed by atoms with Gasteiger partial charge in [0.05, 0.1) is 18.8 Å². The van der Waals surface area contributed by atoms with Crippen molar-refractivity contribution in [2.75, 3.05) is 39.3 Å². The molecule has 0 spiro atoms. The highest BCUT2D eigenvalue weighted by molar-refractivity contribution is 5.81. The highest BCUT2D eigenvalue weighted by Gasteiger charge is 2.21. The molecule has 1 heterocycles. The number of carbonyl (C=O) groups excluding carboxylic acids is 1. The Morgan fingerprint density at radius 3 is 2.59 bits per heavy atom. The van der Waals surface area contributed by atoms with Gasteiger partial charge in [-0.1, -0.05) is 0 Å². The summed E-state index contributed by atoms with van der Waals surface area (Å²) in [6, 6.07) is -0.0452. The highest BCUT2D eigenvalue weighted by Crippen LogP contribution is 2.00. The molecule has 1 aliphatic heterocycles. The molecule has 1 aliphatic rings. The minimum atomic E-state index is -0.0452. The first-order valence-electron chi connectivity index (χ1n) is 6.45. The smallest absolute Gasteiger partial charge is 0.237 e. The molecule has 1 fully saturated rings. The minimum Gasteiger partial charge on any atom is -0.377 e. The van der Waals surface area contributed by atoms with Gasteiger partial charge in [-0.05, 0) is 20.8 Å². The number of nitrogens with zero attached hydrogens (tertiary/aromatic N) is 1. The van der Waals surface area contributed by atoms with Gasteiger partial charge in [0.2, 0.25) is 5.91 Å². The summed E-state index contributed by atoms with van der Waals surface area (Å²) in [7, 11) is 0. The van der Waals surface area contributed by atoms with Gasteiger partial charge in [-0.15, -0.1) is 0 Å². The lowest BCUT2D eigenvalue weighted by Crippen LogP contribution is -2.53. The SMILES string of the molecule is CC(C)OCCNC(=O)C(C)N1CCNCC1. The quantitative estimate of drug-likeness (QED) is 0.636. The standard InChI is InChI=1S/C12H25N3O2/c1-10(2)17-9-6-14-12(16)11(3)15-7-4-13-5-8-15/h10-11,13H,4-9H2,1-3H3,(H,14,16). The van der Waals surface area contributed by atoms with Crippen LogP contribution in [0.15, 0.2) is 0 Å². The van der Waals surface area contributed by atoms with Crippen molar-refractivity contribution < 1.29 is 9.53 Å². The third-order valence-corrected chi connectivity index (χ3v) is 2.93. The minimum absolute atomic E-state index is 0.0452. The van der Waals surface area contributed by atoms with E-state index in [0.717, 1.165) is 26.2 Å². The third-order valence-electron chi connectivity index (χ3n) is 2.93. The number of ether oxygens (including phenoxy) is 1. The van der Waals surface area contributed by atoms with Gasteiger partial charge < -0.3 is 15.4 Å². The summed E-state index contributed by atoms with van der Waals surface area (Å²) in [6.07, 6.45) is 0.220. The lowest BCUT2D eigenvalue weighted by Gasteiger charge is -2.31. The van der Waals surface area contributed by atoms with Crippen LogP contribution >= 0.6 is 0 Å². The van der Waals surface area contributed by atoms with Gasteiger partial charge >= 0.3 is 0 Å². The van der Waals surface area contributed by atoms with Crippen molar-refractivity contribution in [1.82, 2.24) is 15.5 Å². The Morgan fingerprint density at radius 1 is 1.35 bits per heavy atom. The summed E-state index contributed by atoms with van der Waals surface area (Å²) in [5.74, 6) is 0.0965. The van der Waals surface area contributed by atoms with Crippen molar-refractivity contribution in [2.45, 2.75) is 32.9 Å². The van der Waals surface area contributed by atoms with Gasteiger partial charge in [0.1, 0.15) is 0 Å². The molecule has 2 N–H and O–H groups in total. The second kappa shape index (κ2) is 7.63. The number of hydrogen-bond donors (Lipinski definition) is 2. The van der Waals surface area contributed by atoms with E-state index in [1.165, 1.54) is 0 Å². The lowest BCUT2D eigenvalue weighted by molar-refractivity contribution is -0.126. The van der Waals surface area contributed by atoms with Gasteiger partial charge in [0.25, 0.3) is 0 Å². The van der Waals surface area contributed by atoms with Crippen LogP contribution in [0.3, 0.4) is 0 Å². The fraction of sp³-hybridized carbons (Fsp3) is 0.917. The summed E-state index contributed by atoms with van der Waals surface area (Å²) in [4.78, 5) is 14.1. The predicted octanol–water partition coefficient (Wildman–Crippen LogP) is -0.179. The number of amides is 1. The molecule has 0 radical (unpaired) electrons. The molecule has 0 aromatic heterocycles. The van der Waals surface area contributed by atoms with Crippen LogP contribution in [0.5, 0.6) is 0 Å². The first kappa shape index (κ1) is 14.4. The maximum absolute atomic E-state index is 11.9. The van der Waals surface area contributed by atoms with Crippen molar-refractivity contribution in [3.05, 3.63) is 0 Å². The van der Waals surface area contributed by atoms with E-state index < -0.39 is 0 Å². The van der Waals surface area contributed by atoms with E-state index in [9.17, 15) is 4.79 Å². The molecule has 0 aromatic carbocycles. The molecule has 0 aromatic rings. The molecule has 5 nitrogen and oxygen atoms in total. The molecule has 1 rings (SSSR count). The molecule has 1 amide bonds. The number of hydrogen-bond acceptors (Lipinski definition) is 4. The van der Waals surface area contributed by atoms with Gasteiger partial charge in [-0.25, -0.2) is 0 Å². The molecule has 5 heteroatoms. The molecular weight excluding hydrogens is 218 g/mol. The summed E-state index contributed by atoms with van der Waals surface area (Å²) < 4.78 is 5.38. The maximum atomic E-state index is 11.9.